The van der Waals surface area contributed by atoms with E-state index in [9.17, 15) is 0 Å². The first-order valence-electron chi connectivity index (χ1n) is 6.95. The fraction of sp³-hybridized carbons (Fsp3) is 0.176. The summed E-state index contributed by atoms with van der Waals surface area (Å²) in [6.45, 7) is 2.07. The SMILES string of the molecule is Cc1ccc(Cc2nnc(SCc3ccccc3Cl)o2)cc1. The van der Waals surface area contributed by atoms with Gasteiger partial charge in [0.05, 0.1) is 6.42 Å². The first-order chi connectivity index (χ1) is 10.7. The summed E-state index contributed by atoms with van der Waals surface area (Å²) in [6, 6.07) is 16.1. The average Bonchev–Trinajstić information content (AvgIpc) is 2.96. The van der Waals surface area contributed by atoms with Crippen molar-refractivity contribution in [3.8, 4) is 0 Å². The van der Waals surface area contributed by atoms with Crippen LogP contribution in [-0.2, 0) is 12.2 Å². The van der Waals surface area contributed by atoms with E-state index < -0.39 is 0 Å². The molecule has 0 fully saturated rings. The minimum Gasteiger partial charge on any atom is -0.416 e. The van der Waals surface area contributed by atoms with E-state index in [4.69, 9.17) is 16.0 Å². The smallest absolute Gasteiger partial charge is 0.276 e. The molecule has 0 amide bonds. The summed E-state index contributed by atoms with van der Waals surface area (Å²) in [5.74, 6) is 1.34. The van der Waals surface area contributed by atoms with Gasteiger partial charge in [-0.2, -0.15) is 0 Å². The molecule has 112 valence electrons. The Labute approximate surface area is 138 Å². The zero-order valence-electron chi connectivity index (χ0n) is 12.1. The van der Waals surface area contributed by atoms with E-state index in [1.165, 1.54) is 17.3 Å². The van der Waals surface area contributed by atoms with Gasteiger partial charge in [0.1, 0.15) is 0 Å². The number of hydrogen-bond donors (Lipinski definition) is 0. The molecule has 0 radical (unpaired) electrons. The van der Waals surface area contributed by atoms with Gasteiger partial charge in [-0.1, -0.05) is 71.4 Å². The van der Waals surface area contributed by atoms with E-state index in [1.54, 1.807) is 0 Å². The van der Waals surface area contributed by atoms with Crippen molar-refractivity contribution >= 4 is 23.4 Å². The van der Waals surface area contributed by atoms with E-state index in [-0.39, 0.29) is 0 Å². The number of rotatable bonds is 5. The van der Waals surface area contributed by atoms with Gasteiger partial charge in [0.15, 0.2) is 0 Å². The number of aryl methyl sites for hydroxylation is 1. The van der Waals surface area contributed by atoms with Crippen LogP contribution in [0.25, 0.3) is 0 Å². The lowest BCUT2D eigenvalue weighted by molar-refractivity contribution is 0.420. The van der Waals surface area contributed by atoms with E-state index in [0.29, 0.717) is 23.3 Å². The van der Waals surface area contributed by atoms with Gasteiger partial charge in [-0.15, -0.1) is 10.2 Å². The highest BCUT2D eigenvalue weighted by atomic mass is 35.5. The largest absolute Gasteiger partial charge is 0.416 e. The number of hydrogen-bond acceptors (Lipinski definition) is 4. The molecule has 5 heteroatoms. The molecule has 1 heterocycles. The molecule has 3 aromatic rings. The van der Waals surface area contributed by atoms with Crippen molar-refractivity contribution in [1.82, 2.24) is 10.2 Å². The predicted octanol–water partition coefficient (Wildman–Crippen LogP) is 4.91. The number of halogens is 1. The third-order valence-electron chi connectivity index (χ3n) is 3.23. The summed E-state index contributed by atoms with van der Waals surface area (Å²) in [5.41, 5.74) is 3.47. The molecular formula is C17H15ClN2OS. The first-order valence-corrected chi connectivity index (χ1v) is 8.31. The molecule has 0 spiro atoms. The van der Waals surface area contributed by atoms with Crippen molar-refractivity contribution in [3.05, 3.63) is 76.1 Å². The summed E-state index contributed by atoms with van der Waals surface area (Å²) in [5, 5.41) is 9.51. The van der Waals surface area contributed by atoms with Crippen molar-refractivity contribution in [2.45, 2.75) is 24.3 Å². The van der Waals surface area contributed by atoms with Gasteiger partial charge >= 0.3 is 0 Å². The maximum Gasteiger partial charge on any atom is 0.276 e. The molecule has 0 bridgehead atoms. The molecule has 0 saturated carbocycles. The summed E-state index contributed by atoms with van der Waals surface area (Å²) in [7, 11) is 0. The second-order valence-corrected chi connectivity index (χ2v) is 6.34. The lowest BCUT2D eigenvalue weighted by atomic mass is 10.1. The molecule has 3 rings (SSSR count). The quantitative estimate of drug-likeness (QED) is 0.623. The maximum atomic E-state index is 6.14. The van der Waals surface area contributed by atoms with Gasteiger partial charge in [0, 0.05) is 10.8 Å². The van der Waals surface area contributed by atoms with Crippen LogP contribution in [0.5, 0.6) is 0 Å². The van der Waals surface area contributed by atoms with Crippen molar-refractivity contribution in [3.63, 3.8) is 0 Å². The van der Waals surface area contributed by atoms with Crippen LogP contribution in [0.4, 0.5) is 0 Å². The summed E-state index contributed by atoms with van der Waals surface area (Å²) < 4.78 is 5.68. The topological polar surface area (TPSA) is 38.9 Å². The van der Waals surface area contributed by atoms with Gasteiger partial charge in [-0.25, -0.2) is 0 Å². The van der Waals surface area contributed by atoms with Crippen LogP contribution in [0.3, 0.4) is 0 Å². The van der Waals surface area contributed by atoms with Crippen LogP contribution in [0.2, 0.25) is 5.02 Å². The normalized spacial score (nSPS) is 10.8. The average molecular weight is 331 g/mol. The Morgan fingerprint density at radius 2 is 1.82 bits per heavy atom. The first kappa shape index (κ1) is 15.1. The molecule has 0 saturated heterocycles. The highest BCUT2D eigenvalue weighted by Gasteiger charge is 2.09. The molecule has 0 aliphatic rings. The van der Waals surface area contributed by atoms with Crippen molar-refractivity contribution in [1.29, 1.82) is 0 Å². The van der Waals surface area contributed by atoms with Crippen molar-refractivity contribution in [2.75, 3.05) is 0 Å². The third-order valence-corrected chi connectivity index (χ3v) is 4.47. The van der Waals surface area contributed by atoms with Gasteiger partial charge in [0.25, 0.3) is 5.22 Å². The van der Waals surface area contributed by atoms with E-state index in [0.717, 1.165) is 16.1 Å². The highest BCUT2D eigenvalue weighted by molar-refractivity contribution is 7.98. The maximum absolute atomic E-state index is 6.14. The van der Waals surface area contributed by atoms with Crippen LogP contribution >= 0.6 is 23.4 Å². The zero-order chi connectivity index (χ0) is 15.4. The lowest BCUT2D eigenvalue weighted by Gasteiger charge is -2.00. The number of nitrogens with zero attached hydrogens (tertiary/aromatic N) is 2. The van der Waals surface area contributed by atoms with E-state index in [1.807, 2.05) is 24.3 Å². The van der Waals surface area contributed by atoms with Crippen LogP contribution in [0, 0.1) is 6.92 Å². The fourth-order valence-corrected chi connectivity index (χ4v) is 3.07. The molecule has 0 aliphatic carbocycles. The Morgan fingerprint density at radius 3 is 2.59 bits per heavy atom. The van der Waals surface area contributed by atoms with Crippen LogP contribution in [-0.4, -0.2) is 10.2 Å². The molecule has 22 heavy (non-hydrogen) atoms. The Hall–Kier alpha value is -1.78. The number of benzene rings is 2. The highest BCUT2D eigenvalue weighted by Crippen LogP contribution is 2.26. The summed E-state index contributed by atoms with van der Waals surface area (Å²) >= 11 is 7.63. The van der Waals surface area contributed by atoms with Crippen molar-refractivity contribution in [2.24, 2.45) is 0 Å². The number of thioether (sulfide) groups is 1. The van der Waals surface area contributed by atoms with Gasteiger partial charge < -0.3 is 4.42 Å². The minimum absolute atomic E-state index is 0.571. The summed E-state index contributed by atoms with van der Waals surface area (Å²) in [4.78, 5) is 0. The van der Waals surface area contributed by atoms with Crippen LogP contribution < -0.4 is 0 Å². The second-order valence-electron chi connectivity index (χ2n) is 5.00. The second kappa shape index (κ2) is 6.99. The molecule has 2 aromatic carbocycles. The summed E-state index contributed by atoms with van der Waals surface area (Å²) in [6.07, 6.45) is 0.653. The molecule has 0 atom stereocenters. The predicted molar refractivity (Wildman–Crippen MR) is 89.3 cm³/mol. The zero-order valence-corrected chi connectivity index (χ0v) is 13.7. The van der Waals surface area contributed by atoms with E-state index >= 15 is 0 Å². The minimum atomic E-state index is 0.571. The third kappa shape index (κ3) is 3.90. The van der Waals surface area contributed by atoms with Crippen LogP contribution in [0.1, 0.15) is 22.6 Å². The van der Waals surface area contributed by atoms with Gasteiger partial charge in [-0.3, -0.25) is 0 Å². The monoisotopic (exact) mass is 330 g/mol. The Balaban J connectivity index is 1.61. The molecular weight excluding hydrogens is 316 g/mol. The van der Waals surface area contributed by atoms with Gasteiger partial charge in [-0.05, 0) is 24.1 Å². The van der Waals surface area contributed by atoms with E-state index in [2.05, 4.69) is 41.4 Å². The standard InChI is InChI=1S/C17H15ClN2OS/c1-12-6-8-13(9-7-12)10-16-19-20-17(21-16)22-11-14-4-2-3-5-15(14)18/h2-9H,10-11H2,1H3. The molecule has 0 unspecified atom stereocenters. The Bertz CT molecular complexity index is 755. The van der Waals surface area contributed by atoms with Gasteiger partial charge in [0.2, 0.25) is 5.89 Å². The molecule has 0 aliphatic heterocycles. The van der Waals surface area contributed by atoms with Crippen LogP contribution in [0.15, 0.2) is 58.2 Å². The Morgan fingerprint density at radius 1 is 1.05 bits per heavy atom. The number of aromatic nitrogens is 2. The van der Waals surface area contributed by atoms with Crippen molar-refractivity contribution < 1.29 is 4.42 Å². The molecule has 0 N–H and O–H groups in total. The molecule has 3 nitrogen and oxygen atoms in total. The molecule has 1 aromatic heterocycles. The Kier molecular flexibility index (Phi) is 4.80. The lowest BCUT2D eigenvalue weighted by Crippen LogP contribution is -1.88. The fourth-order valence-electron chi connectivity index (χ4n) is 2.00.